The molecule has 70 heavy (non-hydrogen) atoms. The van der Waals surface area contributed by atoms with E-state index in [1.54, 1.807) is 0 Å². The van der Waals surface area contributed by atoms with Crippen molar-refractivity contribution in [1.29, 1.82) is 0 Å². The summed E-state index contributed by atoms with van der Waals surface area (Å²) in [7, 11) is -4.62. The van der Waals surface area contributed by atoms with Crippen LogP contribution in [0.2, 0.25) is 0 Å². The van der Waals surface area contributed by atoms with Gasteiger partial charge in [-0.15, -0.1) is 0 Å². The first-order valence-electron chi connectivity index (χ1n) is 30.1. The Labute approximate surface area is 432 Å². The van der Waals surface area contributed by atoms with Gasteiger partial charge in [-0.05, 0) is 38.5 Å². The van der Waals surface area contributed by atoms with Gasteiger partial charge in [-0.1, -0.05) is 276 Å². The second-order valence-corrected chi connectivity index (χ2v) is 22.2. The second-order valence-electron chi connectivity index (χ2n) is 20.7. The third-order valence-electron chi connectivity index (χ3n) is 13.7. The molecule has 0 saturated heterocycles. The van der Waals surface area contributed by atoms with Crippen LogP contribution in [0.3, 0.4) is 0 Å². The summed E-state index contributed by atoms with van der Waals surface area (Å²) in [5.74, 6) is -0.903. The molecule has 0 saturated carbocycles. The van der Waals surface area contributed by atoms with E-state index in [4.69, 9.17) is 23.6 Å². The quantitative estimate of drug-likeness (QED) is 0.0233. The zero-order valence-corrected chi connectivity index (χ0v) is 46.9. The molecule has 3 N–H and O–H groups in total. The minimum atomic E-state index is -4.62. The van der Waals surface area contributed by atoms with Gasteiger partial charge in [0.05, 0.1) is 19.8 Å². The number of aliphatic hydroxyl groups is 2. The van der Waals surface area contributed by atoms with Gasteiger partial charge in [0.25, 0.3) is 0 Å². The molecule has 0 fully saturated rings. The number of phosphoric acid groups is 1. The van der Waals surface area contributed by atoms with Gasteiger partial charge < -0.3 is 24.6 Å². The van der Waals surface area contributed by atoms with E-state index in [-0.39, 0.29) is 19.4 Å². The molecule has 0 aromatic heterocycles. The van der Waals surface area contributed by atoms with Crippen LogP contribution in [0.5, 0.6) is 0 Å². The molecule has 3 unspecified atom stereocenters. The van der Waals surface area contributed by atoms with Crippen LogP contribution >= 0.6 is 7.82 Å². The summed E-state index contributed by atoms with van der Waals surface area (Å²) in [4.78, 5) is 35.3. The molecule has 11 heteroatoms. The molecule has 0 amide bonds. The third kappa shape index (κ3) is 54.5. The molecule has 0 heterocycles. The van der Waals surface area contributed by atoms with Crippen molar-refractivity contribution in [2.75, 3.05) is 26.4 Å². The monoisotopic (exact) mass is 1010 g/mol. The number of esters is 2. The maximum Gasteiger partial charge on any atom is 0.472 e. The van der Waals surface area contributed by atoms with Gasteiger partial charge in [-0.25, -0.2) is 4.57 Å². The van der Waals surface area contributed by atoms with Crippen molar-refractivity contribution in [2.45, 2.75) is 328 Å². The van der Waals surface area contributed by atoms with Gasteiger partial charge >= 0.3 is 19.8 Å². The van der Waals surface area contributed by atoms with Crippen LogP contribution in [0.4, 0.5) is 0 Å². The SMILES string of the molecule is CCCCCCCCCC/C=C\CCCCCCCCCCCCCC(=O)OC(COC(=O)CCCCCCCCCCCCCCCCCCCCCCCCCC)COP(=O)(O)OCC(O)CO. The Morgan fingerprint density at radius 3 is 1.03 bits per heavy atom. The maximum absolute atomic E-state index is 12.7. The molecule has 0 rings (SSSR count). The van der Waals surface area contributed by atoms with Crippen LogP contribution < -0.4 is 0 Å². The zero-order chi connectivity index (χ0) is 51.1. The summed E-state index contributed by atoms with van der Waals surface area (Å²) in [6.45, 7) is 2.47. The van der Waals surface area contributed by atoms with Crippen molar-refractivity contribution >= 4 is 19.8 Å². The molecule has 0 aliphatic carbocycles. The highest BCUT2D eigenvalue weighted by Crippen LogP contribution is 2.43. The molecule has 0 aromatic rings. The Balaban J connectivity index is 4.03. The van der Waals surface area contributed by atoms with Gasteiger partial charge in [0, 0.05) is 12.8 Å². The van der Waals surface area contributed by atoms with Crippen molar-refractivity contribution in [3.63, 3.8) is 0 Å². The smallest absolute Gasteiger partial charge is 0.462 e. The lowest BCUT2D eigenvalue weighted by molar-refractivity contribution is -0.161. The van der Waals surface area contributed by atoms with E-state index in [2.05, 4.69) is 26.0 Å². The molecule has 0 aliphatic heterocycles. The highest BCUT2D eigenvalue weighted by molar-refractivity contribution is 7.47. The lowest BCUT2D eigenvalue weighted by Gasteiger charge is -2.20. The standard InChI is InChI=1S/C59H115O10P/c1-3-5-7-9-11-13-15-17-19-21-23-25-27-29-30-32-34-36-38-40-42-44-46-48-50-58(62)66-54-57(55-68-70(64,65)67-53-56(61)52-60)69-59(63)51-49-47-45-43-41-39-37-35-33-31-28-26-24-22-20-18-16-14-12-10-8-6-4-2/h22,24,56-57,60-61H,3-21,23,25-55H2,1-2H3,(H,64,65)/b24-22-. The lowest BCUT2D eigenvalue weighted by atomic mass is 10.0. The van der Waals surface area contributed by atoms with E-state index in [1.165, 1.54) is 244 Å². The molecule has 0 spiro atoms. The number of rotatable bonds is 58. The van der Waals surface area contributed by atoms with Crippen molar-refractivity contribution in [2.24, 2.45) is 0 Å². The highest BCUT2D eigenvalue weighted by atomic mass is 31.2. The van der Waals surface area contributed by atoms with E-state index in [1.807, 2.05) is 0 Å². The number of carbonyl (C=O) groups excluding carboxylic acids is 2. The van der Waals surface area contributed by atoms with Gasteiger partial charge in [0.15, 0.2) is 6.10 Å². The first-order valence-corrected chi connectivity index (χ1v) is 31.6. The number of allylic oxidation sites excluding steroid dienone is 2. The number of carbonyl (C=O) groups is 2. The van der Waals surface area contributed by atoms with E-state index in [0.717, 1.165) is 32.1 Å². The summed E-state index contributed by atoms with van der Waals surface area (Å²) in [6.07, 6.45) is 60.5. The minimum absolute atomic E-state index is 0.189. The number of hydrogen-bond acceptors (Lipinski definition) is 9. The van der Waals surface area contributed by atoms with Gasteiger partial charge in [-0.3, -0.25) is 18.6 Å². The molecule has 0 radical (unpaired) electrons. The largest absolute Gasteiger partial charge is 0.472 e. The maximum atomic E-state index is 12.7. The molecular weight excluding hydrogens is 900 g/mol. The molecular formula is C59H115O10P. The Bertz CT molecular complexity index is 1170. The molecule has 0 bridgehead atoms. The fraction of sp³-hybridized carbons (Fsp3) is 0.932. The number of hydrogen-bond donors (Lipinski definition) is 3. The van der Waals surface area contributed by atoms with Crippen LogP contribution in [-0.2, 0) is 32.7 Å². The molecule has 0 aliphatic rings. The molecule has 0 aromatic carbocycles. The van der Waals surface area contributed by atoms with E-state index < -0.39 is 51.8 Å². The van der Waals surface area contributed by atoms with Crippen LogP contribution in [-0.4, -0.2) is 65.7 Å². The Morgan fingerprint density at radius 1 is 0.414 bits per heavy atom. The third-order valence-corrected chi connectivity index (χ3v) is 14.6. The van der Waals surface area contributed by atoms with Crippen LogP contribution in [0.15, 0.2) is 12.2 Å². The average Bonchev–Trinajstić information content (AvgIpc) is 3.35. The predicted molar refractivity (Wildman–Crippen MR) is 293 cm³/mol. The fourth-order valence-corrected chi connectivity index (χ4v) is 9.84. The Kier molecular flexibility index (Phi) is 54.4. The number of ether oxygens (including phenoxy) is 2. The van der Waals surface area contributed by atoms with Gasteiger partial charge in [-0.2, -0.15) is 0 Å². The van der Waals surface area contributed by atoms with Crippen molar-refractivity contribution in [3.05, 3.63) is 12.2 Å². The highest BCUT2D eigenvalue weighted by Gasteiger charge is 2.27. The average molecular weight is 1020 g/mol. The second kappa shape index (κ2) is 55.5. The van der Waals surface area contributed by atoms with Crippen molar-refractivity contribution in [3.8, 4) is 0 Å². The topological polar surface area (TPSA) is 149 Å². The number of aliphatic hydroxyl groups excluding tert-OH is 2. The van der Waals surface area contributed by atoms with E-state index in [0.29, 0.717) is 12.8 Å². The predicted octanol–water partition coefficient (Wildman–Crippen LogP) is 17.9. The van der Waals surface area contributed by atoms with Gasteiger partial charge in [0.2, 0.25) is 0 Å². The van der Waals surface area contributed by atoms with Crippen LogP contribution in [0, 0.1) is 0 Å². The summed E-state index contributed by atoms with van der Waals surface area (Å²) in [5.41, 5.74) is 0. The normalized spacial score (nSPS) is 13.5. The van der Waals surface area contributed by atoms with Gasteiger partial charge in [0.1, 0.15) is 12.7 Å². The van der Waals surface area contributed by atoms with Crippen LogP contribution in [0.1, 0.15) is 316 Å². The summed E-state index contributed by atoms with van der Waals surface area (Å²) in [6, 6.07) is 0. The molecule has 416 valence electrons. The first kappa shape index (κ1) is 68.7. The van der Waals surface area contributed by atoms with Crippen molar-refractivity contribution < 1.29 is 47.8 Å². The van der Waals surface area contributed by atoms with Crippen LogP contribution in [0.25, 0.3) is 0 Å². The van der Waals surface area contributed by atoms with E-state index >= 15 is 0 Å². The number of phosphoric ester groups is 1. The minimum Gasteiger partial charge on any atom is -0.462 e. The molecule has 10 nitrogen and oxygen atoms in total. The molecule has 3 atom stereocenters. The first-order chi connectivity index (χ1) is 34.2. The van der Waals surface area contributed by atoms with Crippen molar-refractivity contribution in [1.82, 2.24) is 0 Å². The van der Waals surface area contributed by atoms with E-state index in [9.17, 15) is 24.2 Å². The zero-order valence-electron chi connectivity index (χ0n) is 46.0. The Morgan fingerprint density at radius 2 is 0.700 bits per heavy atom. The summed E-state index contributed by atoms with van der Waals surface area (Å²) < 4.78 is 33.0. The summed E-state index contributed by atoms with van der Waals surface area (Å²) in [5, 5.41) is 18.5. The fourth-order valence-electron chi connectivity index (χ4n) is 9.05. The number of unbranched alkanes of at least 4 members (excludes halogenated alkanes) is 42. The Hall–Kier alpha value is -1.29. The lowest BCUT2D eigenvalue weighted by Crippen LogP contribution is -2.29. The summed E-state index contributed by atoms with van der Waals surface area (Å²) >= 11 is 0.